The molecule has 2 aromatic carbocycles. The number of para-hydroxylation sites is 1. The highest BCUT2D eigenvalue weighted by molar-refractivity contribution is 5.93. The van der Waals surface area contributed by atoms with Crippen LogP contribution >= 0.6 is 0 Å². The minimum Gasteiger partial charge on any atom is -0.358 e. The normalized spacial score (nSPS) is 11.1. The Morgan fingerprint density at radius 1 is 1.11 bits per heavy atom. The maximum absolute atomic E-state index is 12.7. The predicted molar refractivity (Wildman–Crippen MR) is 109 cm³/mol. The lowest BCUT2D eigenvalue weighted by Gasteiger charge is -2.11. The number of hydrogen-bond donors (Lipinski definition) is 2. The lowest BCUT2D eigenvalue weighted by Crippen LogP contribution is -2.25. The van der Waals surface area contributed by atoms with Crippen LogP contribution < -0.4 is 5.32 Å². The Kier molecular flexibility index (Phi) is 4.69. The fourth-order valence-corrected chi connectivity index (χ4v) is 3.67. The maximum Gasteiger partial charge on any atom is 0.224 e. The van der Waals surface area contributed by atoms with Gasteiger partial charge in [0.2, 0.25) is 5.91 Å². The molecule has 0 unspecified atom stereocenters. The minimum atomic E-state index is -0.00157. The van der Waals surface area contributed by atoms with Gasteiger partial charge in [0.25, 0.3) is 0 Å². The monoisotopic (exact) mass is 373 g/mol. The molecule has 0 spiro atoms. The molecule has 0 saturated carbocycles. The number of benzene rings is 2. The second-order valence-electron chi connectivity index (χ2n) is 7.10. The van der Waals surface area contributed by atoms with Crippen molar-refractivity contribution in [1.29, 1.82) is 0 Å². The van der Waals surface area contributed by atoms with E-state index < -0.39 is 0 Å². The highest BCUT2D eigenvalue weighted by Crippen LogP contribution is 2.28. The first-order chi connectivity index (χ1) is 13.5. The van der Waals surface area contributed by atoms with Gasteiger partial charge in [0, 0.05) is 23.1 Å². The quantitative estimate of drug-likeness (QED) is 0.562. The summed E-state index contributed by atoms with van der Waals surface area (Å²) in [7, 11) is 0. The predicted octanol–water partition coefficient (Wildman–Crippen LogP) is 3.53. The third kappa shape index (κ3) is 3.29. The van der Waals surface area contributed by atoms with Crippen LogP contribution in [0.15, 0.2) is 49.1 Å². The third-order valence-electron chi connectivity index (χ3n) is 5.16. The van der Waals surface area contributed by atoms with E-state index in [0.29, 0.717) is 13.0 Å². The number of nitrogens with zero attached hydrogens (tertiary/aromatic N) is 3. The van der Waals surface area contributed by atoms with E-state index in [9.17, 15) is 4.79 Å². The van der Waals surface area contributed by atoms with E-state index in [4.69, 9.17) is 0 Å². The van der Waals surface area contributed by atoms with Crippen molar-refractivity contribution in [2.24, 2.45) is 0 Å². The van der Waals surface area contributed by atoms with E-state index >= 15 is 0 Å². The van der Waals surface area contributed by atoms with Crippen molar-refractivity contribution in [3.8, 4) is 5.69 Å². The smallest absolute Gasteiger partial charge is 0.224 e. The van der Waals surface area contributed by atoms with Gasteiger partial charge < -0.3 is 10.3 Å². The molecule has 0 saturated heterocycles. The van der Waals surface area contributed by atoms with Gasteiger partial charge in [-0.05, 0) is 49.1 Å². The van der Waals surface area contributed by atoms with Gasteiger partial charge in [0.1, 0.15) is 12.7 Å². The number of carbonyl (C=O) groups is 1. The molecule has 0 aliphatic heterocycles. The average molecular weight is 373 g/mol. The summed E-state index contributed by atoms with van der Waals surface area (Å²) in [4.78, 5) is 20.2. The van der Waals surface area contributed by atoms with Gasteiger partial charge >= 0.3 is 0 Å². The summed E-state index contributed by atoms with van der Waals surface area (Å²) in [5, 5.41) is 8.40. The molecule has 142 valence electrons. The molecule has 6 heteroatoms. The molecule has 0 aliphatic carbocycles. The van der Waals surface area contributed by atoms with Crippen molar-refractivity contribution in [3.05, 3.63) is 77.0 Å². The lowest BCUT2D eigenvalue weighted by atomic mass is 10.0. The fourth-order valence-electron chi connectivity index (χ4n) is 3.67. The van der Waals surface area contributed by atoms with E-state index in [1.165, 1.54) is 17.5 Å². The van der Waals surface area contributed by atoms with E-state index in [0.717, 1.165) is 33.4 Å². The second kappa shape index (κ2) is 7.31. The van der Waals surface area contributed by atoms with E-state index in [2.05, 4.69) is 46.4 Å². The van der Waals surface area contributed by atoms with Crippen LogP contribution in [0, 0.1) is 20.8 Å². The number of nitrogens with one attached hydrogen (secondary N) is 2. The maximum atomic E-state index is 12.7. The van der Waals surface area contributed by atoms with Gasteiger partial charge in [-0.15, -0.1) is 0 Å². The Morgan fingerprint density at radius 2 is 1.89 bits per heavy atom. The Hall–Kier alpha value is -3.41. The summed E-state index contributed by atoms with van der Waals surface area (Å²) in [6.45, 7) is 6.64. The molecule has 4 rings (SSSR count). The zero-order valence-corrected chi connectivity index (χ0v) is 16.3. The third-order valence-corrected chi connectivity index (χ3v) is 5.16. The molecule has 2 N–H and O–H groups in total. The molecule has 1 amide bonds. The first-order valence-corrected chi connectivity index (χ1v) is 9.31. The average Bonchev–Trinajstić information content (AvgIpc) is 3.33. The highest BCUT2D eigenvalue weighted by atomic mass is 16.1. The number of rotatable bonds is 5. The summed E-state index contributed by atoms with van der Waals surface area (Å²) in [6.07, 6.45) is 3.50. The van der Waals surface area contributed by atoms with Crippen LogP contribution in [-0.4, -0.2) is 25.7 Å². The number of carbonyl (C=O) groups excluding carboxylic acids is 1. The number of aromatic nitrogens is 4. The van der Waals surface area contributed by atoms with Crippen molar-refractivity contribution in [2.75, 3.05) is 0 Å². The van der Waals surface area contributed by atoms with Crippen LogP contribution in [0.5, 0.6) is 0 Å². The van der Waals surface area contributed by atoms with Crippen LogP contribution in [0.2, 0.25) is 0 Å². The van der Waals surface area contributed by atoms with Gasteiger partial charge in [-0.3, -0.25) is 4.79 Å². The fraction of sp³-hybridized carbons (Fsp3) is 0.227. The van der Waals surface area contributed by atoms with Crippen molar-refractivity contribution in [1.82, 2.24) is 25.1 Å². The molecule has 0 radical (unpaired) electrons. The number of fused-ring (bicyclic) bond motifs is 1. The molecule has 6 nitrogen and oxygen atoms in total. The van der Waals surface area contributed by atoms with E-state index in [1.54, 1.807) is 11.0 Å². The van der Waals surface area contributed by atoms with Gasteiger partial charge in [-0.2, -0.15) is 5.10 Å². The van der Waals surface area contributed by atoms with Crippen LogP contribution in [0.25, 0.3) is 16.6 Å². The summed E-state index contributed by atoms with van der Waals surface area (Å²) in [5.74, 6) is -0.00157. The van der Waals surface area contributed by atoms with Crippen LogP contribution in [-0.2, 0) is 17.8 Å². The largest absolute Gasteiger partial charge is 0.358 e. The summed E-state index contributed by atoms with van der Waals surface area (Å²) in [6, 6.07) is 12.1. The number of aryl methyl sites for hydroxylation is 3. The molecule has 0 atom stereocenters. The van der Waals surface area contributed by atoms with E-state index in [1.807, 2.05) is 31.2 Å². The topological polar surface area (TPSA) is 75.6 Å². The molecule has 2 aromatic heterocycles. The Labute approximate surface area is 163 Å². The number of hydrogen-bond acceptors (Lipinski definition) is 3. The number of amides is 1. The molecule has 0 bridgehead atoms. The zero-order chi connectivity index (χ0) is 19.7. The van der Waals surface area contributed by atoms with Crippen LogP contribution in [0.1, 0.15) is 27.9 Å². The van der Waals surface area contributed by atoms with Gasteiger partial charge in [0.05, 0.1) is 12.1 Å². The number of aromatic amines is 1. The van der Waals surface area contributed by atoms with Crippen molar-refractivity contribution >= 4 is 16.8 Å². The first-order valence-electron chi connectivity index (χ1n) is 9.31. The summed E-state index contributed by atoms with van der Waals surface area (Å²) < 4.78 is 1.71. The second-order valence-corrected chi connectivity index (χ2v) is 7.10. The molecule has 0 aliphatic rings. The first kappa shape index (κ1) is 18.0. The zero-order valence-electron chi connectivity index (χ0n) is 16.3. The van der Waals surface area contributed by atoms with Crippen LogP contribution in [0.4, 0.5) is 0 Å². The van der Waals surface area contributed by atoms with Crippen molar-refractivity contribution in [2.45, 2.75) is 33.7 Å². The minimum absolute atomic E-state index is 0.00157. The van der Waals surface area contributed by atoms with Gasteiger partial charge in [-0.1, -0.05) is 30.3 Å². The van der Waals surface area contributed by atoms with Crippen LogP contribution in [0.3, 0.4) is 0 Å². The van der Waals surface area contributed by atoms with Crippen molar-refractivity contribution < 1.29 is 4.79 Å². The Morgan fingerprint density at radius 3 is 2.68 bits per heavy atom. The molecule has 4 aromatic rings. The number of H-pyrrole nitrogens is 1. The van der Waals surface area contributed by atoms with Gasteiger partial charge in [-0.25, -0.2) is 9.67 Å². The molecule has 0 fully saturated rings. The standard InChI is InChI=1S/C22H23N5O/c1-14-8-9-15(2)22-21(14)18(16(3)26-22)10-20(28)24-11-17-6-4-5-7-19(17)27-13-23-12-25-27/h4-9,12-13,26H,10-11H2,1-3H3,(H,24,28). The summed E-state index contributed by atoms with van der Waals surface area (Å²) in [5.41, 5.74) is 7.51. The van der Waals surface area contributed by atoms with Gasteiger partial charge in [0.15, 0.2) is 0 Å². The molecule has 28 heavy (non-hydrogen) atoms. The van der Waals surface area contributed by atoms with Crippen molar-refractivity contribution in [3.63, 3.8) is 0 Å². The molecule has 2 heterocycles. The highest BCUT2D eigenvalue weighted by Gasteiger charge is 2.16. The Bertz CT molecular complexity index is 1140. The molecular weight excluding hydrogens is 350 g/mol. The SMILES string of the molecule is Cc1[nH]c2c(C)ccc(C)c2c1CC(=O)NCc1ccccc1-n1cncn1. The lowest BCUT2D eigenvalue weighted by molar-refractivity contribution is -0.120. The Balaban J connectivity index is 1.54. The molecular formula is C22H23N5O. The summed E-state index contributed by atoms with van der Waals surface area (Å²) >= 11 is 0. The van der Waals surface area contributed by atoms with E-state index in [-0.39, 0.29) is 5.91 Å².